The van der Waals surface area contributed by atoms with Crippen molar-refractivity contribution in [2.75, 3.05) is 0 Å². The van der Waals surface area contributed by atoms with Gasteiger partial charge < -0.3 is 4.18 Å². The van der Waals surface area contributed by atoms with Gasteiger partial charge in [-0.3, -0.25) is 0 Å². The van der Waals surface area contributed by atoms with Gasteiger partial charge in [0, 0.05) is 17.7 Å². The molecule has 1 aliphatic rings. The van der Waals surface area contributed by atoms with Crippen molar-refractivity contribution in [3.63, 3.8) is 0 Å². The van der Waals surface area contributed by atoms with Gasteiger partial charge in [0.15, 0.2) is 5.75 Å². The van der Waals surface area contributed by atoms with Crippen molar-refractivity contribution < 1.29 is 4.18 Å². The normalized spacial score (nSPS) is 13.9. The summed E-state index contributed by atoms with van der Waals surface area (Å²) in [6, 6.07) is 12.9. The Hall–Kier alpha value is -1.45. The maximum Gasteiger partial charge on any atom is 0.151 e. The lowest BCUT2D eigenvalue weighted by Gasteiger charge is -2.20. The molecule has 1 aliphatic heterocycles. The summed E-state index contributed by atoms with van der Waals surface area (Å²) >= 11 is 1.31. The molecule has 0 saturated carbocycles. The fourth-order valence-electron chi connectivity index (χ4n) is 2.24. The molecule has 1 heterocycles. The molecule has 0 atom stereocenters. The molecule has 0 saturated heterocycles. The summed E-state index contributed by atoms with van der Waals surface area (Å²) in [4.78, 5) is 0. The van der Waals surface area contributed by atoms with E-state index < -0.39 is 0 Å². The van der Waals surface area contributed by atoms with Crippen LogP contribution in [0.2, 0.25) is 0 Å². The molecule has 0 radical (unpaired) electrons. The molecule has 0 bridgehead atoms. The number of nitrogens with one attached hydrogen (secondary N) is 1. The molecule has 0 aromatic heterocycles. The van der Waals surface area contributed by atoms with Crippen LogP contribution in [0.4, 0.5) is 0 Å². The van der Waals surface area contributed by atoms with E-state index in [-0.39, 0.29) is 0 Å². The Balaban J connectivity index is 2.19. The molecule has 0 spiro atoms. The van der Waals surface area contributed by atoms with Crippen molar-refractivity contribution in [3.8, 4) is 16.9 Å². The van der Waals surface area contributed by atoms with Crippen molar-refractivity contribution in [2.45, 2.75) is 20.4 Å². The summed E-state index contributed by atoms with van der Waals surface area (Å²) in [5.74, 6) is 0.995. The third kappa shape index (κ3) is 2.00. The van der Waals surface area contributed by atoms with E-state index in [4.69, 9.17) is 4.18 Å². The van der Waals surface area contributed by atoms with Crippen molar-refractivity contribution >= 4 is 12.2 Å². The number of fused-ring (bicyclic) bond motifs is 1. The topological polar surface area (TPSA) is 21.3 Å². The highest BCUT2D eigenvalue weighted by Gasteiger charge is 2.17. The van der Waals surface area contributed by atoms with Crippen LogP contribution < -0.4 is 8.91 Å². The Bertz CT molecular complexity index is 595. The number of benzene rings is 2. The average Bonchev–Trinajstić information content (AvgIpc) is 2.41. The number of para-hydroxylation sites is 1. The minimum absolute atomic E-state index is 0.846. The van der Waals surface area contributed by atoms with Gasteiger partial charge >= 0.3 is 0 Å². The third-order valence-corrected chi connectivity index (χ3v) is 3.74. The van der Waals surface area contributed by atoms with Gasteiger partial charge in [-0.2, -0.15) is 0 Å². The monoisotopic (exact) mass is 257 g/mol. The van der Waals surface area contributed by atoms with Gasteiger partial charge in [-0.05, 0) is 25.0 Å². The lowest BCUT2D eigenvalue weighted by Crippen LogP contribution is -2.13. The molecule has 0 unspecified atom stereocenters. The van der Waals surface area contributed by atoms with E-state index >= 15 is 0 Å². The summed E-state index contributed by atoms with van der Waals surface area (Å²) in [7, 11) is 0. The molecule has 3 heteroatoms. The van der Waals surface area contributed by atoms with E-state index in [2.05, 4.69) is 55.0 Å². The molecular weight excluding hydrogens is 242 g/mol. The molecule has 3 rings (SSSR count). The van der Waals surface area contributed by atoms with Crippen molar-refractivity contribution in [1.29, 1.82) is 0 Å². The Labute approximate surface area is 112 Å². The summed E-state index contributed by atoms with van der Waals surface area (Å²) in [5.41, 5.74) is 6.21. The molecule has 2 nitrogen and oxygen atoms in total. The van der Waals surface area contributed by atoms with Crippen LogP contribution in [0.5, 0.6) is 5.75 Å². The SMILES string of the molecule is Cc1ccc(C)c(-c2cccc3c2OSNC3)c1. The number of hydrogen-bond donors (Lipinski definition) is 1. The van der Waals surface area contributed by atoms with Gasteiger partial charge in [0.25, 0.3) is 0 Å². The number of aryl methyl sites for hydroxylation is 2. The van der Waals surface area contributed by atoms with Crippen LogP contribution in [0.1, 0.15) is 16.7 Å². The molecule has 0 fully saturated rings. The number of hydrogen-bond acceptors (Lipinski definition) is 3. The lowest BCUT2D eigenvalue weighted by molar-refractivity contribution is 0.602. The van der Waals surface area contributed by atoms with Crippen LogP contribution in [0.3, 0.4) is 0 Å². The smallest absolute Gasteiger partial charge is 0.151 e. The van der Waals surface area contributed by atoms with Crippen LogP contribution >= 0.6 is 12.2 Å². The van der Waals surface area contributed by atoms with Crippen LogP contribution in [0.15, 0.2) is 36.4 Å². The Morgan fingerprint density at radius 1 is 1.11 bits per heavy atom. The molecule has 0 amide bonds. The van der Waals surface area contributed by atoms with Gasteiger partial charge in [-0.1, -0.05) is 42.0 Å². The average molecular weight is 257 g/mol. The summed E-state index contributed by atoms with van der Waals surface area (Å²) in [6.45, 7) is 5.11. The Morgan fingerprint density at radius 3 is 2.89 bits per heavy atom. The minimum Gasteiger partial charge on any atom is -0.409 e. The van der Waals surface area contributed by atoms with Gasteiger partial charge in [0.1, 0.15) is 12.2 Å². The summed E-state index contributed by atoms with van der Waals surface area (Å²) < 4.78 is 8.85. The second-order valence-corrected chi connectivity index (χ2v) is 5.22. The predicted octanol–water partition coefficient (Wildman–Crippen LogP) is 4.02. The highest BCUT2D eigenvalue weighted by atomic mass is 32.2. The molecule has 2 aromatic rings. The first-order chi connectivity index (χ1) is 8.75. The fraction of sp³-hybridized carbons (Fsp3) is 0.200. The minimum atomic E-state index is 0.846. The van der Waals surface area contributed by atoms with Crippen LogP contribution in [-0.2, 0) is 6.54 Å². The van der Waals surface area contributed by atoms with E-state index in [0.717, 1.165) is 12.3 Å². The maximum atomic E-state index is 5.71. The largest absolute Gasteiger partial charge is 0.409 e. The molecule has 18 heavy (non-hydrogen) atoms. The van der Waals surface area contributed by atoms with E-state index in [1.165, 1.54) is 40.0 Å². The standard InChI is InChI=1S/C15H15NOS/c1-10-6-7-11(2)14(8-10)13-5-3-4-12-9-16-18-17-15(12)13/h3-8,16H,9H2,1-2H3. The fourth-order valence-corrected chi connectivity index (χ4v) is 2.79. The Kier molecular flexibility index (Phi) is 3.02. The molecule has 0 aliphatic carbocycles. The van der Waals surface area contributed by atoms with Crippen molar-refractivity contribution in [2.24, 2.45) is 0 Å². The number of rotatable bonds is 1. The lowest BCUT2D eigenvalue weighted by atomic mass is 9.96. The first-order valence-corrected chi connectivity index (χ1v) is 6.76. The van der Waals surface area contributed by atoms with Crippen LogP contribution in [0, 0.1) is 13.8 Å². The van der Waals surface area contributed by atoms with Gasteiger partial charge in [-0.25, -0.2) is 4.72 Å². The second kappa shape index (κ2) is 4.67. The predicted molar refractivity (Wildman–Crippen MR) is 76.4 cm³/mol. The first-order valence-electron chi connectivity index (χ1n) is 6.01. The van der Waals surface area contributed by atoms with Gasteiger partial charge in [-0.15, -0.1) is 0 Å². The molecule has 92 valence electrons. The highest BCUT2D eigenvalue weighted by Crippen LogP contribution is 2.38. The Morgan fingerprint density at radius 2 is 2.00 bits per heavy atom. The van der Waals surface area contributed by atoms with Gasteiger partial charge in [0.2, 0.25) is 0 Å². The molecule has 2 aromatic carbocycles. The summed E-state index contributed by atoms with van der Waals surface area (Å²) in [6.07, 6.45) is 0. The van der Waals surface area contributed by atoms with Crippen molar-refractivity contribution in [3.05, 3.63) is 53.1 Å². The van der Waals surface area contributed by atoms with Gasteiger partial charge in [0.05, 0.1) is 0 Å². The van der Waals surface area contributed by atoms with E-state index in [1.807, 2.05) is 0 Å². The van der Waals surface area contributed by atoms with Crippen molar-refractivity contribution in [1.82, 2.24) is 4.72 Å². The van der Waals surface area contributed by atoms with E-state index in [9.17, 15) is 0 Å². The zero-order valence-corrected chi connectivity index (χ0v) is 11.3. The summed E-state index contributed by atoms with van der Waals surface area (Å²) in [5, 5.41) is 0. The quantitative estimate of drug-likeness (QED) is 0.616. The maximum absolute atomic E-state index is 5.71. The van der Waals surface area contributed by atoms with Crippen LogP contribution in [-0.4, -0.2) is 0 Å². The zero-order valence-electron chi connectivity index (χ0n) is 10.5. The van der Waals surface area contributed by atoms with Crippen LogP contribution in [0.25, 0.3) is 11.1 Å². The first kappa shape index (κ1) is 11.6. The van der Waals surface area contributed by atoms with E-state index in [0.29, 0.717) is 0 Å². The van der Waals surface area contributed by atoms with E-state index in [1.54, 1.807) is 0 Å². The third-order valence-electron chi connectivity index (χ3n) is 3.23. The highest BCUT2D eigenvalue weighted by molar-refractivity contribution is 7.93. The zero-order chi connectivity index (χ0) is 12.5. The second-order valence-electron chi connectivity index (χ2n) is 4.60. The molecule has 1 N–H and O–H groups in total. The molecular formula is C15H15NOS.